The van der Waals surface area contributed by atoms with Crippen LogP contribution in [0.25, 0.3) is 0 Å². The summed E-state index contributed by atoms with van der Waals surface area (Å²) in [5, 5.41) is 3.15. The molecule has 2 aromatic rings. The predicted octanol–water partition coefficient (Wildman–Crippen LogP) is 2.17. The number of fused-ring (bicyclic) bond motifs is 1. The van der Waals surface area contributed by atoms with Crippen molar-refractivity contribution in [2.75, 3.05) is 32.8 Å². The molecule has 2 aromatic carbocycles. The number of ether oxygens (including phenoxy) is 2. The van der Waals surface area contributed by atoms with Crippen LogP contribution in [0.15, 0.2) is 48.5 Å². The van der Waals surface area contributed by atoms with E-state index in [1.165, 1.54) is 23.3 Å². The molecule has 1 amide bonds. The third-order valence-corrected chi connectivity index (χ3v) is 6.03. The van der Waals surface area contributed by atoms with Gasteiger partial charge in [0.15, 0.2) is 18.0 Å². The average Bonchev–Trinajstić information content (AvgIpc) is 2.75. The molecule has 1 fully saturated rings. The topological polar surface area (TPSA) is 52.0 Å². The number of carbonyl (C=O) groups is 1. The van der Waals surface area contributed by atoms with Crippen molar-refractivity contribution in [2.45, 2.75) is 32.2 Å². The maximum absolute atomic E-state index is 12.6. The van der Waals surface area contributed by atoms with Gasteiger partial charge in [-0.1, -0.05) is 36.4 Å². The molecule has 154 valence electrons. The van der Waals surface area contributed by atoms with Gasteiger partial charge in [-0.15, -0.1) is 0 Å². The van der Waals surface area contributed by atoms with E-state index >= 15 is 0 Å². The van der Waals surface area contributed by atoms with E-state index in [0.717, 1.165) is 42.5 Å². The summed E-state index contributed by atoms with van der Waals surface area (Å²) in [5.74, 6) is 2.40. The molecular formula is C24H31N2O3+. The number of quaternary nitrogens is 1. The molecule has 5 heteroatoms. The molecule has 0 aromatic heterocycles. The summed E-state index contributed by atoms with van der Waals surface area (Å²) in [7, 11) is 0. The van der Waals surface area contributed by atoms with Crippen LogP contribution >= 0.6 is 0 Å². The van der Waals surface area contributed by atoms with E-state index in [0.29, 0.717) is 19.8 Å². The van der Waals surface area contributed by atoms with Crippen molar-refractivity contribution in [1.82, 2.24) is 5.32 Å². The van der Waals surface area contributed by atoms with Crippen LogP contribution < -0.4 is 19.7 Å². The third-order valence-electron chi connectivity index (χ3n) is 6.03. The fourth-order valence-electron chi connectivity index (χ4n) is 4.35. The molecule has 1 atom stereocenters. The second kappa shape index (κ2) is 9.31. The molecule has 2 aliphatic heterocycles. The summed E-state index contributed by atoms with van der Waals surface area (Å²) in [6, 6.07) is 16.6. The van der Waals surface area contributed by atoms with Gasteiger partial charge in [0.25, 0.3) is 5.91 Å². The van der Waals surface area contributed by atoms with Gasteiger partial charge >= 0.3 is 0 Å². The molecule has 0 radical (unpaired) electrons. The van der Waals surface area contributed by atoms with Gasteiger partial charge in [-0.25, -0.2) is 0 Å². The van der Waals surface area contributed by atoms with E-state index in [1.807, 2.05) is 25.1 Å². The van der Waals surface area contributed by atoms with E-state index in [2.05, 4.69) is 35.6 Å². The van der Waals surface area contributed by atoms with Crippen molar-refractivity contribution in [3.63, 3.8) is 0 Å². The van der Waals surface area contributed by atoms with Gasteiger partial charge in [-0.3, -0.25) is 4.79 Å². The zero-order chi connectivity index (χ0) is 20.1. The van der Waals surface area contributed by atoms with Crippen molar-refractivity contribution < 1.29 is 19.2 Å². The van der Waals surface area contributed by atoms with Gasteiger partial charge < -0.3 is 19.7 Å². The lowest BCUT2D eigenvalue weighted by atomic mass is 9.90. The Morgan fingerprint density at radius 2 is 1.79 bits per heavy atom. The Morgan fingerprint density at radius 1 is 1.07 bits per heavy atom. The summed E-state index contributed by atoms with van der Waals surface area (Å²) in [4.78, 5) is 14.0. The average molecular weight is 396 g/mol. The van der Waals surface area contributed by atoms with Crippen LogP contribution in [0.4, 0.5) is 0 Å². The summed E-state index contributed by atoms with van der Waals surface area (Å²) in [6.45, 7) is 5.87. The van der Waals surface area contributed by atoms with Crippen molar-refractivity contribution >= 4 is 5.91 Å². The SMILES string of the molecule is C[C@H](NC(=O)C[NH+]1CCC(Cc2ccccc2)CC1)c1ccc2c(c1)OCCO2. The Hall–Kier alpha value is -2.53. The Balaban J connectivity index is 1.23. The lowest BCUT2D eigenvalue weighted by molar-refractivity contribution is -0.898. The molecule has 2 N–H and O–H groups in total. The van der Waals surface area contributed by atoms with Crippen LogP contribution in [0, 0.1) is 5.92 Å². The molecule has 1 saturated heterocycles. The van der Waals surface area contributed by atoms with E-state index < -0.39 is 0 Å². The molecular weight excluding hydrogens is 364 g/mol. The molecule has 29 heavy (non-hydrogen) atoms. The highest BCUT2D eigenvalue weighted by Gasteiger charge is 2.25. The van der Waals surface area contributed by atoms with Crippen LogP contribution in [-0.2, 0) is 11.2 Å². The van der Waals surface area contributed by atoms with Crippen LogP contribution in [-0.4, -0.2) is 38.8 Å². The first-order valence-electron chi connectivity index (χ1n) is 10.7. The molecule has 0 unspecified atom stereocenters. The monoisotopic (exact) mass is 395 g/mol. The van der Waals surface area contributed by atoms with Gasteiger partial charge in [0.05, 0.1) is 19.1 Å². The standard InChI is InChI=1S/C24H30N2O3/c1-18(21-7-8-22-23(16-21)29-14-13-28-22)25-24(27)17-26-11-9-20(10-12-26)15-19-5-3-2-4-6-19/h2-8,16,18,20H,9-15,17H2,1H3,(H,25,27)/p+1/t18-/m0/s1. The first-order valence-corrected chi connectivity index (χ1v) is 10.7. The molecule has 0 bridgehead atoms. The van der Waals surface area contributed by atoms with Crippen molar-refractivity contribution in [2.24, 2.45) is 5.92 Å². The molecule has 0 spiro atoms. The minimum Gasteiger partial charge on any atom is -0.486 e. The zero-order valence-corrected chi connectivity index (χ0v) is 17.2. The predicted molar refractivity (Wildman–Crippen MR) is 112 cm³/mol. The highest BCUT2D eigenvalue weighted by atomic mass is 16.6. The molecule has 2 heterocycles. The summed E-state index contributed by atoms with van der Waals surface area (Å²) in [5.41, 5.74) is 2.46. The highest BCUT2D eigenvalue weighted by molar-refractivity contribution is 5.77. The number of nitrogens with one attached hydrogen (secondary N) is 2. The summed E-state index contributed by atoms with van der Waals surface area (Å²) < 4.78 is 11.2. The van der Waals surface area contributed by atoms with Crippen molar-refractivity contribution in [3.05, 3.63) is 59.7 Å². The Morgan fingerprint density at radius 3 is 2.55 bits per heavy atom. The normalized spacial score (nSPS) is 22.0. The Labute approximate surface area is 173 Å². The summed E-state index contributed by atoms with van der Waals surface area (Å²) in [6.07, 6.45) is 3.53. The van der Waals surface area contributed by atoms with Crippen LogP contribution in [0.3, 0.4) is 0 Å². The minimum atomic E-state index is -0.0478. The van der Waals surface area contributed by atoms with Gasteiger partial charge in [0.2, 0.25) is 0 Å². The van der Waals surface area contributed by atoms with Crippen LogP contribution in [0.1, 0.15) is 36.9 Å². The van der Waals surface area contributed by atoms with E-state index in [1.54, 1.807) is 0 Å². The smallest absolute Gasteiger partial charge is 0.275 e. The molecule has 4 rings (SSSR count). The first kappa shape index (κ1) is 19.8. The second-order valence-corrected chi connectivity index (χ2v) is 8.25. The maximum Gasteiger partial charge on any atom is 0.275 e. The van der Waals surface area contributed by atoms with Gasteiger partial charge in [-0.05, 0) is 55.4 Å². The van der Waals surface area contributed by atoms with E-state index in [-0.39, 0.29) is 11.9 Å². The number of amides is 1. The first-order chi connectivity index (χ1) is 14.2. The summed E-state index contributed by atoms with van der Waals surface area (Å²) >= 11 is 0. The number of hydrogen-bond donors (Lipinski definition) is 2. The number of piperidine rings is 1. The lowest BCUT2D eigenvalue weighted by Crippen LogP contribution is -3.14. The van der Waals surface area contributed by atoms with Crippen LogP contribution in [0.2, 0.25) is 0 Å². The lowest BCUT2D eigenvalue weighted by Gasteiger charge is -2.29. The van der Waals surface area contributed by atoms with Crippen LogP contribution in [0.5, 0.6) is 11.5 Å². The van der Waals surface area contributed by atoms with Crippen molar-refractivity contribution in [3.8, 4) is 11.5 Å². The molecule has 2 aliphatic rings. The van der Waals surface area contributed by atoms with Gasteiger partial charge in [0.1, 0.15) is 13.2 Å². The fraction of sp³-hybridized carbons (Fsp3) is 0.458. The Bertz CT molecular complexity index is 816. The van der Waals surface area contributed by atoms with Gasteiger partial charge in [0, 0.05) is 0 Å². The highest BCUT2D eigenvalue weighted by Crippen LogP contribution is 2.32. The fourth-order valence-corrected chi connectivity index (χ4v) is 4.35. The number of rotatable bonds is 6. The minimum absolute atomic E-state index is 0.0478. The number of carbonyl (C=O) groups excluding carboxylic acids is 1. The molecule has 0 aliphatic carbocycles. The quantitative estimate of drug-likeness (QED) is 0.788. The number of hydrogen-bond acceptors (Lipinski definition) is 3. The van der Waals surface area contributed by atoms with Crippen molar-refractivity contribution in [1.29, 1.82) is 0 Å². The zero-order valence-electron chi connectivity index (χ0n) is 17.2. The number of likely N-dealkylation sites (tertiary alicyclic amines) is 1. The Kier molecular flexibility index (Phi) is 6.35. The van der Waals surface area contributed by atoms with Gasteiger partial charge in [-0.2, -0.15) is 0 Å². The molecule has 5 nitrogen and oxygen atoms in total. The maximum atomic E-state index is 12.6. The largest absolute Gasteiger partial charge is 0.486 e. The second-order valence-electron chi connectivity index (χ2n) is 8.25. The third kappa shape index (κ3) is 5.30. The molecule has 0 saturated carbocycles. The van der Waals surface area contributed by atoms with E-state index in [4.69, 9.17) is 9.47 Å². The van der Waals surface area contributed by atoms with E-state index in [9.17, 15) is 4.79 Å². The number of benzene rings is 2.